The number of hydrogen-bond acceptors (Lipinski definition) is 2. The fourth-order valence-electron chi connectivity index (χ4n) is 3.30. The molecular formula is C19H17F2N3O. The van der Waals surface area contributed by atoms with Crippen LogP contribution in [0.2, 0.25) is 0 Å². The number of anilines is 1. The van der Waals surface area contributed by atoms with Gasteiger partial charge in [0.1, 0.15) is 11.6 Å². The molecule has 0 spiro atoms. The van der Waals surface area contributed by atoms with Crippen molar-refractivity contribution in [2.75, 3.05) is 31.1 Å². The summed E-state index contributed by atoms with van der Waals surface area (Å²) in [6, 6.07) is 11.0. The van der Waals surface area contributed by atoms with Crippen LogP contribution in [0.5, 0.6) is 0 Å². The van der Waals surface area contributed by atoms with Gasteiger partial charge in [-0.1, -0.05) is 12.1 Å². The minimum absolute atomic E-state index is 0.134. The van der Waals surface area contributed by atoms with Crippen LogP contribution in [-0.4, -0.2) is 42.0 Å². The molecule has 1 aliphatic heterocycles. The summed E-state index contributed by atoms with van der Waals surface area (Å²) in [7, 11) is 0. The standard InChI is InChI=1S/C19H17F2N3O/c20-13-5-6-17-14(11-13)15(12-22-17)19(25)24-9-7-23(8-10-24)18-4-2-1-3-16(18)21/h1-6,11-12,22H,7-10H2. The number of H-pyrrole nitrogens is 1. The van der Waals surface area contributed by atoms with Crippen molar-refractivity contribution in [1.29, 1.82) is 0 Å². The maximum absolute atomic E-state index is 13.9. The number of carbonyl (C=O) groups is 1. The second-order valence-electron chi connectivity index (χ2n) is 6.12. The lowest BCUT2D eigenvalue weighted by atomic mass is 10.1. The summed E-state index contributed by atoms with van der Waals surface area (Å²) in [6.07, 6.45) is 1.62. The molecule has 0 unspecified atom stereocenters. The number of nitrogens with one attached hydrogen (secondary N) is 1. The van der Waals surface area contributed by atoms with Gasteiger partial charge in [-0.25, -0.2) is 8.78 Å². The SMILES string of the molecule is O=C(c1c[nH]c2ccc(F)cc12)N1CCN(c2ccccc2F)CC1. The molecule has 4 rings (SSSR count). The van der Waals surface area contributed by atoms with E-state index in [1.807, 2.05) is 4.90 Å². The molecule has 25 heavy (non-hydrogen) atoms. The van der Waals surface area contributed by atoms with E-state index in [9.17, 15) is 13.6 Å². The molecule has 2 aromatic carbocycles. The zero-order chi connectivity index (χ0) is 17.4. The van der Waals surface area contributed by atoms with Gasteiger partial charge in [0.15, 0.2) is 0 Å². The Labute approximate surface area is 143 Å². The normalized spacial score (nSPS) is 15.0. The highest BCUT2D eigenvalue weighted by Crippen LogP contribution is 2.23. The van der Waals surface area contributed by atoms with Crippen molar-refractivity contribution in [2.45, 2.75) is 0 Å². The summed E-state index contributed by atoms with van der Waals surface area (Å²) < 4.78 is 27.4. The van der Waals surface area contributed by atoms with Crippen molar-refractivity contribution in [2.24, 2.45) is 0 Å². The van der Waals surface area contributed by atoms with Crippen molar-refractivity contribution in [3.8, 4) is 0 Å². The highest BCUT2D eigenvalue weighted by Gasteiger charge is 2.25. The third-order valence-corrected chi connectivity index (χ3v) is 4.63. The maximum Gasteiger partial charge on any atom is 0.256 e. The first-order valence-electron chi connectivity index (χ1n) is 8.19. The fourth-order valence-corrected chi connectivity index (χ4v) is 3.30. The average Bonchev–Trinajstić information content (AvgIpc) is 3.05. The van der Waals surface area contributed by atoms with Gasteiger partial charge in [0, 0.05) is 43.3 Å². The Bertz CT molecular complexity index is 929. The molecule has 1 aromatic heterocycles. The van der Waals surface area contributed by atoms with Crippen molar-refractivity contribution in [3.05, 3.63) is 65.9 Å². The number of aromatic nitrogens is 1. The number of benzene rings is 2. The quantitative estimate of drug-likeness (QED) is 0.776. The van der Waals surface area contributed by atoms with Gasteiger partial charge in [0.2, 0.25) is 0 Å². The molecule has 6 heteroatoms. The summed E-state index contributed by atoms with van der Waals surface area (Å²) in [4.78, 5) is 19.5. The molecule has 0 bridgehead atoms. The molecule has 0 radical (unpaired) electrons. The van der Waals surface area contributed by atoms with Gasteiger partial charge in [0.05, 0.1) is 11.3 Å². The summed E-state index contributed by atoms with van der Waals surface area (Å²) in [5.41, 5.74) is 1.76. The monoisotopic (exact) mass is 341 g/mol. The van der Waals surface area contributed by atoms with Crippen molar-refractivity contribution >= 4 is 22.5 Å². The van der Waals surface area contributed by atoms with Crippen LogP contribution in [0, 0.1) is 11.6 Å². The number of amides is 1. The molecule has 0 atom stereocenters. The van der Waals surface area contributed by atoms with Crippen LogP contribution in [0.4, 0.5) is 14.5 Å². The van der Waals surface area contributed by atoms with E-state index in [1.54, 1.807) is 35.4 Å². The van der Waals surface area contributed by atoms with Gasteiger partial charge in [-0.05, 0) is 30.3 Å². The zero-order valence-electron chi connectivity index (χ0n) is 13.5. The second kappa shape index (κ2) is 6.20. The van der Waals surface area contributed by atoms with Crippen LogP contribution >= 0.6 is 0 Å². The molecule has 1 fully saturated rings. The van der Waals surface area contributed by atoms with Crippen molar-refractivity contribution in [3.63, 3.8) is 0 Å². The molecule has 4 nitrogen and oxygen atoms in total. The number of carbonyl (C=O) groups excluding carboxylic acids is 1. The molecule has 1 aliphatic rings. The highest BCUT2D eigenvalue weighted by atomic mass is 19.1. The first kappa shape index (κ1) is 15.6. The lowest BCUT2D eigenvalue weighted by Gasteiger charge is -2.36. The predicted molar refractivity (Wildman–Crippen MR) is 92.8 cm³/mol. The van der Waals surface area contributed by atoms with Gasteiger partial charge in [0.25, 0.3) is 5.91 Å². The number of piperazine rings is 1. The second-order valence-corrected chi connectivity index (χ2v) is 6.12. The van der Waals surface area contributed by atoms with Crippen LogP contribution in [0.3, 0.4) is 0 Å². The van der Waals surface area contributed by atoms with Crippen LogP contribution < -0.4 is 4.90 Å². The van der Waals surface area contributed by atoms with E-state index in [1.165, 1.54) is 18.2 Å². The van der Waals surface area contributed by atoms with Crippen molar-refractivity contribution < 1.29 is 13.6 Å². The number of hydrogen-bond donors (Lipinski definition) is 1. The molecule has 128 valence electrons. The van der Waals surface area contributed by atoms with Crippen LogP contribution in [0.15, 0.2) is 48.7 Å². The van der Waals surface area contributed by atoms with Crippen molar-refractivity contribution in [1.82, 2.24) is 9.88 Å². The number of rotatable bonds is 2. The van der Waals surface area contributed by atoms with E-state index in [2.05, 4.69) is 4.98 Å². The summed E-state index contributed by atoms with van der Waals surface area (Å²) in [5.74, 6) is -0.759. The third-order valence-electron chi connectivity index (χ3n) is 4.63. The van der Waals surface area contributed by atoms with Gasteiger partial charge >= 0.3 is 0 Å². The first-order valence-corrected chi connectivity index (χ1v) is 8.19. The number of halogens is 2. The number of aromatic amines is 1. The lowest BCUT2D eigenvalue weighted by molar-refractivity contribution is 0.0748. The number of para-hydroxylation sites is 1. The molecule has 1 N–H and O–H groups in total. The Morgan fingerprint density at radius 1 is 1.00 bits per heavy atom. The molecular weight excluding hydrogens is 324 g/mol. The first-order chi connectivity index (χ1) is 12.1. The Kier molecular flexibility index (Phi) is 3.87. The fraction of sp³-hybridized carbons (Fsp3) is 0.211. The molecule has 1 saturated heterocycles. The zero-order valence-corrected chi connectivity index (χ0v) is 13.5. The minimum atomic E-state index is -0.370. The van der Waals surface area contributed by atoms with E-state index in [-0.39, 0.29) is 17.5 Å². The minimum Gasteiger partial charge on any atom is -0.366 e. The molecule has 1 amide bonds. The predicted octanol–water partition coefficient (Wildman–Crippen LogP) is 3.41. The third kappa shape index (κ3) is 2.84. The summed E-state index contributed by atoms with van der Waals surface area (Å²) in [5, 5.41) is 0.585. The smallest absolute Gasteiger partial charge is 0.256 e. The van der Waals surface area contributed by atoms with Crippen LogP contribution in [0.1, 0.15) is 10.4 Å². The Morgan fingerprint density at radius 3 is 2.52 bits per heavy atom. The highest BCUT2D eigenvalue weighted by molar-refractivity contribution is 6.06. The van der Waals surface area contributed by atoms with E-state index in [4.69, 9.17) is 0 Å². The van der Waals surface area contributed by atoms with Gasteiger partial charge in [-0.3, -0.25) is 4.79 Å². The van der Waals surface area contributed by atoms with E-state index >= 15 is 0 Å². The van der Waals surface area contributed by atoms with E-state index in [0.717, 1.165) is 5.52 Å². The van der Waals surface area contributed by atoms with Gasteiger partial charge in [-0.15, -0.1) is 0 Å². The Hall–Kier alpha value is -2.89. The van der Waals surface area contributed by atoms with E-state index in [0.29, 0.717) is 42.8 Å². The molecule has 2 heterocycles. The topological polar surface area (TPSA) is 39.3 Å². The van der Waals surface area contributed by atoms with E-state index < -0.39 is 0 Å². The average molecular weight is 341 g/mol. The van der Waals surface area contributed by atoms with Gasteiger partial charge < -0.3 is 14.8 Å². The summed E-state index contributed by atoms with van der Waals surface area (Å²) >= 11 is 0. The Morgan fingerprint density at radius 2 is 1.76 bits per heavy atom. The number of fused-ring (bicyclic) bond motifs is 1. The Balaban J connectivity index is 1.51. The molecule has 0 aliphatic carbocycles. The molecule has 0 saturated carbocycles. The maximum atomic E-state index is 13.9. The van der Waals surface area contributed by atoms with Crippen LogP contribution in [0.25, 0.3) is 10.9 Å². The number of nitrogens with zero attached hydrogens (tertiary/aromatic N) is 2. The van der Waals surface area contributed by atoms with Gasteiger partial charge in [-0.2, -0.15) is 0 Å². The lowest BCUT2D eigenvalue weighted by Crippen LogP contribution is -2.49. The van der Waals surface area contributed by atoms with Crippen LogP contribution in [-0.2, 0) is 0 Å². The summed E-state index contributed by atoms with van der Waals surface area (Å²) in [6.45, 7) is 2.11. The largest absolute Gasteiger partial charge is 0.366 e. The molecule has 3 aromatic rings.